The minimum Gasteiger partial charge on any atom is -0.491 e. The van der Waals surface area contributed by atoms with Gasteiger partial charge < -0.3 is 10.5 Å². The van der Waals surface area contributed by atoms with Crippen molar-refractivity contribution in [2.75, 3.05) is 6.61 Å². The lowest BCUT2D eigenvalue weighted by Gasteiger charge is -2.01. The summed E-state index contributed by atoms with van der Waals surface area (Å²) >= 11 is 0. The quantitative estimate of drug-likeness (QED) is 0.639. The Labute approximate surface area is 67.9 Å². The summed E-state index contributed by atoms with van der Waals surface area (Å²) in [5, 5.41) is 0. The highest BCUT2D eigenvalue weighted by atomic mass is 19.1. The van der Waals surface area contributed by atoms with E-state index in [9.17, 15) is 8.78 Å². The fourth-order valence-corrected chi connectivity index (χ4v) is 1.30. The molecule has 2 nitrogen and oxygen atoms in total. The van der Waals surface area contributed by atoms with Crippen LogP contribution in [0.3, 0.4) is 0 Å². The zero-order chi connectivity index (χ0) is 8.72. The number of hydrogen-bond donors (Lipinski definition) is 1. The van der Waals surface area contributed by atoms with E-state index in [-0.39, 0.29) is 17.9 Å². The van der Waals surface area contributed by atoms with Gasteiger partial charge in [0.15, 0.2) is 0 Å². The lowest BCUT2D eigenvalue weighted by atomic mass is 10.1. The molecule has 0 amide bonds. The number of rotatable bonds is 0. The lowest BCUT2D eigenvalue weighted by molar-refractivity contribution is 0.332. The summed E-state index contributed by atoms with van der Waals surface area (Å²) < 4.78 is 30.6. The highest BCUT2D eigenvalue weighted by molar-refractivity contribution is 5.40. The van der Waals surface area contributed by atoms with Gasteiger partial charge in [-0.15, -0.1) is 0 Å². The van der Waals surface area contributed by atoms with Crippen molar-refractivity contribution in [2.45, 2.75) is 6.04 Å². The van der Waals surface area contributed by atoms with Crippen molar-refractivity contribution in [3.8, 4) is 5.75 Å². The molecule has 12 heavy (non-hydrogen) atoms. The van der Waals surface area contributed by atoms with Gasteiger partial charge >= 0.3 is 0 Å². The maximum Gasteiger partial charge on any atom is 0.134 e. The summed E-state index contributed by atoms with van der Waals surface area (Å²) in [6.07, 6.45) is 0. The fourth-order valence-electron chi connectivity index (χ4n) is 1.30. The van der Waals surface area contributed by atoms with Gasteiger partial charge in [0, 0.05) is 12.1 Å². The minimum absolute atomic E-state index is 0.218. The molecule has 1 atom stereocenters. The van der Waals surface area contributed by atoms with Crippen molar-refractivity contribution in [3.63, 3.8) is 0 Å². The molecular weight excluding hydrogens is 164 g/mol. The minimum atomic E-state index is -0.639. The first kappa shape index (κ1) is 7.49. The molecule has 1 unspecified atom stereocenters. The molecule has 0 fully saturated rings. The van der Waals surface area contributed by atoms with E-state index in [1.54, 1.807) is 0 Å². The van der Waals surface area contributed by atoms with Crippen LogP contribution < -0.4 is 10.5 Å². The molecule has 0 spiro atoms. The SMILES string of the molecule is NC1COc2cc(F)cc(F)c21. The monoisotopic (exact) mass is 171 g/mol. The van der Waals surface area contributed by atoms with Crippen LogP contribution in [0.1, 0.15) is 11.6 Å². The summed E-state index contributed by atoms with van der Waals surface area (Å²) in [7, 11) is 0. The highest BCUT2D eigenvalue weighted by Gasteiger charge is 2.25. The van der Waals surface area contributed by atoms with Crippen LogP contribution in [0.15, 0.2) is 12.1 Å². The van der Waals surface area contributed by atoms with Crippen LogP contribution in [-0.4, -0.2) is 6.61 Å². The van der Waals surface area contributed by atoms with Crippen LogP contribution in [-0.2, 0) is 0 Å². The molecule has 0 bridgehead atoms. The Bertz CT molecular complexity index is 327. The second-order valence-corrected chi connectivity index (χ2v) is 2.72. The number of benzene rings is 1. The van der Waals surface area contributed by atoms with Crippen LogP contribution >= 0.6 is 0 Å². The normalized spacial score (nSPS) is 20.4. The molecular formula is C8H7F2NO. The molecule has 64 valence electrons. The first-order valence-corrected chi connectivity index (χ1v) is 3.56. The molecule has 0 radical (unpaired) electrons. The fraction of sp³-hybridized carbons (Fsp3) is 0.250. The van der Waals surface area contributed by atoms with Crippen LogP contribution in [0.4, 0.5) is 8.78 Å². The Hall–Kier alpha value is -1.16. The number of fused-ring (bicyclic) bond motifs is 1. The van der Waals surface area contributed by atoms with Gasteiger partial charge in [0.1, 0.15) is 24.0 Å². The third-order valence-electron chi connectivity index (χ3n) is 1.85. The van der Waals surface area contributed by atoms with E-state index in [0.717, 1.165) is 12.1 Å². The third kappa shape index (κ3) is 0.956. The lowest BCUT2D eigenvalue weighted by Crippen LogP contribution is -2.12. The predicted octanol–water partition coefficient (Wildman–Crippen LogP) is 1.36. The highest BCUT2D eigenvalue weighted by Crippen LogP contribution is 2.33. The number of halogens is 2. The molecule has 0 aromatic heterocycles. The topological polar surface area (TPSA) is 35.2 Å². The number of nitrogens with two attached hydrogens (primary N) is 1. The van der Waals surface area contributed by atoms with Crippen LogP contribution in [0.5, 0.6) is 5.75 Å². The Morgan fingerprint density at radius 1 is 1.42 bits per heavy atom. The van der Waals surface area contributed by atoms with Gasteiger partial charge in [-0.3, -0.25) is 0 Å². The Morgan fingerprint density at radius 2 is 2.17 bits per heavy atom. The van der Waals surface area contributed by atoms with Crippen molar-refractivity contribution < 1.29 is 13.5 Å². The standard InChI is InChI=1S/C8H7F2NO/c9-4-1-5(10)8-6(11)3-12-7(8)2-4/h1-2,6H,3,11H2. The van der Waals surface area contributed by atoms with Gasteiger partial charge in [0.2, 0.25) is 0 Å². The molecule has 2 N–H and O–H groups in total. The maximum atomic E-state index is 13.0. The molecule has 4 heteroatoms. The largest absolute Gasteiger partial charge is 0.491 e. The summed E-state index contributed by atoms with van der Waals surface area (Å²) in [6.45, 7) is 0.218. The molecule has 0 aliphatic carbocycles. The first-order chi connectivity index (χ1) is 5.68. The van der Waals surface area contributed by atoms with Crippen molar-refractivity contribution >= 4 is 0 Å². The summed E-state index contributed by atoms with van der Waals surface area (Å²) in [5.41, 5.74) is 5.78. The third-order valence-corrected chi connectivity index (χ3v) is 1.85. The van der Waals surface area contributed by atoms with Gasteiger partial charge in [0.05, 0.1) is 11.6 Å². The van der Waals surface area contributed by atoms with Gasteiger partial charge in [-0.25, -0.2) is 8.78 Å². The van der Waals surface area contributed by atoms with Crippen molar-refractivity contribution in [2.24, 2.45) is 5.73 Å². The van der Waals surface area contributed by atoms with Gasteiger partial charge in [-0.1, -0.05) is 0 Å². The molecule has 0 saturated heterocycles. The van der Waals surface area contributed by atoms with Crippen LogP contribution in [0, 0.1) is 11.6 Å². The van der Waals surface area contributed by atoms with Gasteiger partial charge in [-0.2, -0.15) is 0 Å². The smallest absolute Gasteiger partial charge is 0.134 e. The van der Waals surface area contributed by atoms with Gasteiger partial charge in [-0.05, 0) is 0 Å². The van der Waals surface area contributed by atoms with E-state index >= 15 is 0 Å². The second kappa shape index (κ2) is 2.42. The van der Waals surface area contributed by atoms with Crippen LogP contribution in [0.25, 0.3) is 0 Å². The van der Waals surface area contributed by atoms with E-state index in [0.29, 0.717) is 0 Å². The van der Waals surface area contributed by atoms with E-state index in [2.05, 4.69) is 0 Å². The van der Waals surface area contributed by atoms with Crippen LogP contribution in [0.2, 0.25) is 0 Å². The molecule has 1 aliphatic rings. The predicted molar refractivity (Wildman–Crippen MR) is 38.8 cm³/mol. The molecule has 2 rings (SSSR count). The Balaban J connectivity index is 2.60. The summed E-state index contributed by atoms with van der Waals surface area (Å²) in [6, 6.07) is 1.49. The molecule has 1 heterocycles. The average Bonchev–Trinajstić information content (AvgIpc) is 2.31. The van der Waals surface area contributed by atoms with E-state index in [1.807, 2.05) is 0 Å². The number of ether oxygens (including phenoxy) is 1. The zero-order valence-electron chi connectivity index (χ0n) is 6.18. The summed E-state index contributed by atoms with van der Waals surface area (Å²) in [5.74, 6) is -1.05. The van der Waals surface area contributed by atoms with E-state index in [4.69, 9.17) is 10.5 Å². The van der Waals surface area contributed by atoms with Crippen molar-refractivity contribution in [1.29, 1.82) is 0 Å². The molecule has 1 aliphatic heterocycles. The maximum absolute atomic E-state index is 13.0. The average molecular weight is 171 g/mol. The van der Waals surface area contributed by atoms with Crippen molar-refractivity contribution in [1.82, 2.24) is 0 Å². The molecule has 1 aromatic rings. The Morgan fingerprint density at radius 3 is 2.92 bits per heavy atom. The van der Waals surface area contributed by atoms with E-state index < -0.39 is 17.7 Å². The Kier molecular flexibility index (Phi) is 1.51. The number of hydrogen-bond acceptors (Lipinski definition) is 2. The molecule has 0 saturated carbocycles. The van der Waals surface area contributed by atoms with Gasteiger partial charge in [0.25, 0.3) is 0 Å². The summed E-state index contributed by atoms with van der Waals surface area (Å²) in [4.78, 5) is 0. The van der Waals surface area contributed by atoms with Crippen molar-refractivity contribution in [3.05, 3.63) is 29.3 Å². The zero-order valence-corrected chi connectivity index (χ0v) is 6.18. The second-order valence-electron chi connectivity index (χ2n) is 2.72. The first-order valence-electron chi connectivity index (χ1n) is 3.56. The molecule has 1 aromatic carbocycles. The van der Waals surface area contributed by atoms with E-state index in [1.165, 1.54) is 0 Å².